The average Bonchev–Trinajstić information content (AvgIpc) is 1.99. The summed E-state index contributed by atoms with van der Waals surface area (Å²) in [5, 5.41) is 0. The predicted octanol–water partition coefficient (Wildman–Crippen LogP) is 3.15. The highest BCUT2D eigenvalue weighted by Crippen LogP contribution is 2.25. The van der Waals surface area contributed by atoms with Crippen LogP contribution >= 0.6 is 0 Å². The molecule has 0 aliphatic heterocycles. The van der Waals surface area contributed by atoms with Crippen molar-refractivity contribution in [2.45, 2.75) is 52.5 Å². The Kier molecular flexibility index (Phi) is 4.24. The lowest BCUT2D eigenvalue weighted by atomic mass is 9.88. The summed E-state index contributed by atoms with van der Waals surface area (Å²) in [4.78, 5) is 2.57. The van der Waals surface area contributed by atoms with Crippen LogP contribution in [0, 0.1) is 11.8 Å². The van der Waals surface area contributed by atoms with Crippen molar-refractivity contribution in [3.63, 3.8) is 0 Å². The first kappa shape index (κ1) is 11.0. The van der Waals surface area contributed by atoms with Crippen molar-refractivity contribution < 1.29 is 0 Å². The topological polar surface area (TPSA) is 3.24 Å². The number of hydrogen-bond donors (Lipinski definition) is 0. The molecule has 0 spiro atoms. The Balaban J connectivity index is 2.21. The van der Waals surface area contributed by atoms with Crippen LogP contribution in [-0.2, 0) is 0 Å². The SMILES string of the molecule is CC[C@@H](C)[C@@H](C)CN(C)C1CCC1. The zero-order valence-electron chi connectivity index (χ0n) is 9.71. The molecule has 0 aromatic heterocycles. The van der Waals surface area contributed by atoms with Gasteiger partial charge in [0.05, 0.1) is 0 Å². The summed E-state index contributed by atoms with van der Waals surface area (Å²) in [5.41, 5.74) is 0. The Morgan fingerprint density at radius 1 is 1.23 bits per heavy atom. The van der Waals surface area contributed by atoms with Gasteiger partial charge in [0.2, 0.25) is 0 Å². The van der Waals surface area contributed by atoms with E-state index in [1.165, 1.54) is 32.2 Å². The molecule has 0 saturated heterocycles. The van der Waals surface area contributed by atoms with Gasteiger partial charge in [0.1, 0.15) is 0 Å². The van der Waals surface area contributed by atoms with Crippen molar-refractivity contribution in [2.24, 2.45) is 11.8 Å². The highest BCUT2D eigenvalue weighted by Gasteiger charge is 2.23. The second-order valence-electron chi connectivity index (χ2n) is 4.89. The molecule has 0 bridgehead atoms. The first-order valence-electron chi connectivity index (χ1n) is 5.85. The number of rotatable bonds is 5. The molecule has 0 amide bonds. The van der Waals surface area contributed by atoms with Crippen molar-refractivity contribution in [2.75, 3.05) is 13.6 Å². The van der Waals surface area contributed by atoms with Crippen LogP contribution in [0.1, 0.15) is 46.5 Å². The monoisotopic (exact) mass is 183 g/mol. The van der Waals surface area contributed by atoms with Crippen molar-refractivity contribution in [1.29, 1.82) is 0 Å². The van der Waals surface area contributed by atoms with Crippen LogP contribution in [0.3, 0.4) is 0 Å². The van der Waals surface area contributed by atoms with E-state index in [0.29, 0.717) is 0 Å². The van der Waals surface area contributed by atoms with Gasteiger partial charge in [-0.1, -0.05) is 33.6 Å². The van der Waals surface area contributed by atoms with E-state index < -0.39 is 0 Å². The molecular formula is C12H25N. The highest BCUT2D eigenvalue weighted by molar-refractivity contribution is 4.79. The summed E-state index contributed by atoms with van der Waals surface area (Å²) in [6, 6.07) is 0.909. The van der Waals surface area contributed by atoms with Gasteiger partial charge in [0.25, 0.3) is 0 Å². The second kappa shape index (κ2) is 4.99. The van der Waals surface area contributed by atoms with Gasteiger partial charge in [0, 0.05) is 12.6 Å². The molecule has 0 unspecified atom stereocenters. The molecule has 1 nitrogen and oxygen atoms in total. The van der Waals surface area contributed by atoms with Crippen molar-refractivity contribution in [3.8, 4) is 0 Å². The lowest BCUT2D eigenvalue weighted by Gasteiger charge is -2.37. The van der Waals surface area contributed by atoms with Gasteiger partial charge in [-0.15, -0.1) is 0 Å². The Bertz CT molecular complexity index is 131. The molecule has 1 aliphatic carbocycles. The third-order valence-electron chi connectivity index (χ3n) is 3.89. The predicted molar refractivity (Wildman–Crippen MR) is 58.9 cm³/mol. The zero-order valence-corrected chi connectivity index (χ0v) is 9.71. The van der Waals surface area contributed by atoms with Gasteiger partial charge < -0.3 is 4.90 Å². The quantitative estimate of drug-likeness (QED) is 0.633. The van der Waals surface area contributed by atoms with Gasteiger partial charge in [-0.05, 0) is 31.7 Å². The van der Waals surface area contributed by atoms with E-state index in [2.05, 4.69) is 32.7 Å². The molecule has 0 aromatic carbocycles. The van der Waals surface area contributed by atoms with Gasteiger partial charge in [-0.3, -0.25) is 0 Å². The van der Waals surface area contributed by atoms with E-state index in [-0.39, 0.29) is 0 Å². The summed E-state index contributed by atoms with van der Waals surface area (Å²) >= 11 is 0. The van der Waals surface area contributed by atoms with E-state index in [1.807, 2.05) is 0 Å². The van der Waals surface area contributed by atoms with Crippen LogP contribution in [0.15, 0.2) is 0 Å². The van der Waals surface area contributed by atoms with Crippen LogP contribution in [0.2, 0.25) is 0 Å². The normalized spacial score (nSPS) is 22.8. The third kappa shape index (κ3) is 2.98. The Labute approximate surface area is 83.5 Å². The number of nitrogens with zero attached hydrogens (tertiary/aromatic N) is 1. The van der Waals surface area contributed by atoms with E-state index in [0.717, 1.165) is 17.9 Å². The summed E-state index contributed by atoms with van der Waals surface area (Å²) in [6.07, 6.45) is 5.64. The fourth-order valence-electron chi connectivity index (χ4n) is 2.01. The smallest absolute Gasteiger partial charge is 0.00923 e. The average molecular weight is 183 g/mol. The zero-order chi connectivity index (χ0) is 9.84. The molecule has 78 valence electrons. The van der Waals surface area contributed by atoms with E-state index in [1.54, 1.807) is 0 Å². The molecule has 1 fully saturated rings. The standard InChI is InChI=1S/C12H25N/c1-5-10(2)11(3)9-13(4)12-7-6-8-12/h10-12H,5-9H2,1-4H3/t10-,11+/m1/s1. The van der Waals surface area contributed by atoms with Crippen molar-refractivity contribution >= 4 is 0 Å². The van der Waals surface area contributed by atoms with Crippen LogP contribution in [0.25, 0.3) is 0 Å². The fraction of sp³-hybridized carbons (Fsp3) is 1.00. The minimum absolute atomic E-state index is 0.857. The molecule has 0 radical (unpaired) electrons. The molecule has 0 aromatic rings. The van der Waals surface area contributed by atoms with Gasteiger partial charge in [-0.2, -0.15) is 0 Å². The van der Waals surface area contributed by atoms with Crippen LogP contribution in [0.5, 0.6) is 0 Å². The Hall–Kier alpha value is -0.0400. The summed E-state index contributed by atoms with van der Waals surface area (Å²) in [5.74, 6) is 1.73. The molecule has 0 heterocycles. The maximum Gasteiger partial charge on any atom is 0.00923 e. The molecular weight excluding hydrogens is 158 g/mol. The molecule has 2 atom stereocenters. The summed E-state index contributed by atoms with van der Waals surface area (Å²) < 4.78 is 0. The van der Waals surface area contributed by atoms with Gasteiger partial charge in [-0.25, -0.2) is 0 Å². The first-order valence-corrected chi connectivity index (χ1v) is 5.85. The summed E-state index contributed by atoms with van der Waals surface area (Å²) in [7, 11) is 2.29. The maximum atomic E-state index is 2.57. The number of hydrogen-bond acceptors (Lipinski definition) is 1. The summed E-state index contributed by atoms with van der Waals surface area (Å²) in [6.45, 7) is 8.35. The van der Waals surface area contributed by atoms with Gasteiger partial charge >= 0.3 is 0 Å². The van der Waals surface area contributed by atoms with E-state index >= 15 is 0 Å². The first-order chi connectivity index (χ1) is 6.15. The lowest BCUT2D eigenvalue weighted by Crippen LogP contribution is -2.40. The fourth-order valence-corrected chi connectivity index (χ4v) is 2.01. The van der Waals surface area contributed by atoms with Crippen LogP contribution in [-0.4, -0.2) is 24.5 Å². The molecule has 1 aliphatic rings. The van der Waals surface area contributed by atoms with E-state index in [9.17, 15) is 0 Å². The van der Waals surface area contributed by atoms with E-state index in [4.69, 9.17) is 0 Å². The van der Waals surface area contributed by atoms with Gasteiger partial charge in [0.15, 0.2) is 0 Å². The lowest BCUT2D eigenvalue weighted by molar-refractivity contribution is 0.127. The Morgan fingerprint density at radius 2 is 1.85 bits per heavy atom. The largest absolute Gasteiger partial charge is 0.303 e. The van der Waals surface area contributed by atoms with Crippen molar-refractivity contribution in [1.82, 2.24) is 4.90 Å². The molecule has 1 heteroatoms. The molecule has 0 N–H and O–H groups in total. The molecule has 13 heavy (non-hydrogen) atoms. The maximum absolute atomic E-state index is 2.57. The molecule has 1 rings (SSSR count). The Morgan fingerprint density at radius 3 is 2.23 bits per heavy atom. The van der Waals surface area contributed by atoms with Crippen LogP contribution in [0.4, 0.5) is 0 Å². The minimum Gasteiger partial charge on any atom is -0.303 e. The minimum atomic E-state index is 0.857. The third-order valence-corrected chi connectivity index (χ3v) is 3.89. The second-order valence-corrected chi connectivity index (χ2v) is 4.89. The highest BCUT2D eigenvalue weighted by atomic mass is 15.1. The van der Waals surface area contributed by atoms with Crippen LogP contribution < -0.4 is 0 Å². The van der Waals surface area contributed by atoms with Crippen molar-refractivity contribution in [3.05, 3.63) is 0 Å². The molecule has 1 saturated carbocycles.